The number of aryl methyl sites for hydroxylation is 1. The number of benzene rings is 2. The van der Waals surface area contributed by atoms with Crippen molar-refractivity contribution in [3.63, 3.8) is 0 Å². The van der Waals surface area contributed by atoms with E-state index in [1.807, 2.05) is 24.3 Å². The Morgan fingerprint density at radius 1 is 1.24 bits per heavy atom. The molecule has 0 aliphatic heterocycles. The molecule has 1 atom stereocenters. The lowest BCUT2D eigenvalue weighted by atomic mass is 10.1. The number of anilines is 2. The van der Waals surface area contributed by atoms with Gasteiger partial charge in [0.2, 0.25) is 5.13 Å². The molecule has 0 unspecified atom stereocenters. The molecular formula is C18H15ClN4S2. The number of aromatic nitrogens is 2. The Kier molecular flexibility index (Phi) is 5.92. The summed E-state index contributed by atoms with van der Waals surface area (Å²) in [6.45, 7) is 2.05. The standard InChI is InChI=1S/C18H15ClN4S2/c1-12-5-7-13(8-6-12)9-16(11-20)24-18-23-22-17(25-18)21-15-4-2-3-14(19)10-15/h2-8,10,16H,9H2,1H3,(H,21,22)/t16-/m1/s1. The number of rotatable bonds is 6. The molecule has 1 heterocycles. The van der Waals surface area contributed by atoms with Gasteiger partial charge in [-0.1, -0.05) is 70.6 Å². The second-order valence-electron chi connectivity index (χ2n) is 5.43. The van der Waals surface area contributed by atoms with E-state index in [0.717, 1.165) is 15.6 Å². The maximum atomic E-state index is 9.43. The van der Waals surface area contributed by atoms with E-state index in [-0.39, 0.29) is 5.25 Å². The van der Waals surface area contributed by atoms with E-state index >= 15 is 0 Å². The van der Waals surface area contributed by atoms with Crippen LogP contribution in [0.1, 0.15) is 11.1 Å². The molecule has 0 saturated heterocycles. The molecule has 126 valence electrons. The summed E-state index contributed by atoms with van der Waals surface area (Å²) < 4.78 is 0.767. The van der Waals surface area contributed by atoms with Crippen molar-refractivity contribution >= 4 is 45.5 Å². The Morgan fingerprint density at radius 3 is 2.76 bits per heavy atom. The molecule has 0 aliphatic carbocycles. The fraction of sp³-hybridized carbons (Fsp3) is 0.167. The van der Waals surface area contributed by atoms with Crippen molar-refractivity contribution in [2.45, 2.75) is 22.9 Å². The molecule has 0 radical (unpaired) electrons. The average molecular weight is 387 g/mol. The van der Waals surface area contributed by atoms with Crippen LogP contribution in [0.25, 0.3) is 0 Å². The molecule has 0 saturated carbocycles. The van der Waals surface area contributed by atoms with E-state index in [1.165, 1.54) is 28.7 Å². The van der Waals surface area contributed by atoms with Crippen molar-refractivity contribution in [1.29, 1.82) is 5.26 Å². The van der Waals surface area contributed by atoms with E-state index in [2.05, 4.69) is 52.8 Å². The van der Waals surface area contributed by atoms with Gasteiger partial charge < -0.3 is 5.32 Å². The zero-order valence-electron chi connectivity index (χ0n) is 13.4. The first-order chi connectivity index (χ1) is 12.1. The Hall–Kier alpha value is -2.07. The Morgan fingerprint density at radius 2 is 2.04 bits per heavy atom. The fourth-order valence-corrected chi connectivity index (χ4v) is 4.30. The van der Waals surface area contributed by atoms with Crippen LogP contribution in [0.3, 0.4) is 0 Å². The minimum absolute atomic E-state index is 0.199. The summed E-state index contributed by atoms with van der Waals surface area (Å²) in [5.74, 6) is 0. The summed E-state index contributed by atoms with van der Waals surface area (Å²) in [4.78, 5) is 0. The molecule has 0 spiro atoms. The van der Waals surface area contributed by atoms with E-state index in [9.17, 15) is 5.26 Å². The number of nitrogens with one attached hydrogen (secondary N) is 1. The molecule has 3 aromatic rings. The third-order valence-corrected chi connectivity index (χ3v) is 5.66. The first-order valence-corrected chi connectivity index (χ1v) is 9.68. The van der Waals surface area contributed by atoms with Crippen LogP contribution in [0, 0.1) is 18.3 Å². The zero-order valence-corrected chi connectivity index (χ0v) is 15.8. The number of nitriles is 1. The van der Waals surface area contributed by atoms with Gasteiger partial charge in [0.15, 0.2) is 4.34 Å². The molecule has 1 N–H and O–H groups in total. The Balaban J connectivity index is 1.63. The monoisotopic (exact) mass is 386 g/mol. The molecule has 0 aliphatic rings. The van der Waals surface area contributed by atoms with Gasteiger partial charge in [-0.25, -0.2) is 0 Å². The summed E-state index contributed by atoms with van der Waals surface area (Å²) in [7, 11) is 0. The van der Waals surface area contributed by atoms with Crippen LogP contribution in [0.2, 0.25) is 5.02 Å². The summed E-state index contributed by atoms with van der Waals surface area (Å²) in [6, 6.07) is 18.0. The summed E-state index contributed by atoms with van der Waals surface area (Å²) >= 11 is 8.84. The summed E-state index contributed by atoms with van der Waals surface area (Å²) in [5.41, 5.74) is 3.22. The lowest BCUT2D eigenvalue weighted by Gasteiger charge is -2.06. The van der Waals surface area contributed by atoms with Crippen molar-refractivity contribution < 1.29 is 0 Å². The van der Waals surface area contributed by atoms with Crippen molar-refractivity contribution in [3.05, 3.63) is 64.7 Å². The zero-order chi connectivity index (χ0) is 17.6. The highest BCUT2D eigenvalue weighted by Crippen LogP contribution is 2.32. The minimum Gasteiger partial charge on any atom is -0.330 e. The molecular weight excluding hydrogens is 372 g/mol. The van der Waals surface area contributed by atoms with E-state index in [0.29, 0.717) is 16.6 Å². The van der Waals surface area contributed by atoms with Crippen molar-refractivity contribution in [3.8, 4) is 6.07 Å². The highest BCUT2D eigenvalue weighted by Gasteiger charge is 2.14. The molecule has 1 aromatic heterocycles. The second-order valence-corrected chi connectivity index (χ2v) is 8.30. The number of hydrogen-bond donors (Lipinski definition) is 1. The topological polar surface area (TPSA) is 61.6 Å². The van der Waals surface area contributed by atoms with Gasteiger partial charge >= 0.3 is 0 Å². The molecule has 7 heteroatoms. The van der Waals surface area contributed by atoms with Gasteiger partial charge in [-0.05, 0) is 37.1 Å². The predicted molar refractivity (Wildman–Crippen MR) is 105 cm³/mol. The van der Waals surface area contributed by atoms with Crippen LogP contribution in [0.4, 0.5) is 10.8 Å². The fourth-order valence-electron chi connectivity index (χ4n) is 2.17. The van der Waals surface area contributed by atoms with Gasteiger partial charge in [0.1, 0.15) is 5.25 Å². The van der Waals surface area contributed by atoms with Crippen LogP contribution in [-0.4, -0.2) is 15.4 Å². The maximum Gasteiger partial charge on any atom is 0.210 e. The van der Waals surface area contributed by atoms with Crippen LogP contribution in [0.15, 0.2) is 52.9 Å². The number of nitrogens with zero attached hydrogens (tertiary/aromatic N) is 3. The maximum absolute atomic E-state index is 9.43. The van der Waals surface area contributed by atoms with E-state index in [4.69, 9.17) is 11.6 Å². The number of hydrogen-bond acceptors (Lipinski definition) is 6. The van der Waals surface area contributed by atoms with E-state index < -0.39 is 0 Å². The molecule has 2 aromatic carbocycles. The third kappa shape index (κ3) is 5.20. The molecule has 25 heavy (non-hydrogen) atoms. The van der Waals surface area contributed by atoms with Gasteiger partial charge in [-0.15, -0.1) is 10.2 Å². The lowest BCUT2D eigenvalue weighted by molar-refractivity contribution is 0.990. The van der Waals surface area contributed by atoms with Crippen molar-refractivity contribution in [2.24, 2.45) is 0 Å². The highest BCUT2D eigenvalue weighted by molar-refractivity contribution is 8.01. The van der Waals surface area contributed by atoms with E-state index in [1.54, 1.807) is 0 Å². The highest BCUT2D eigenvalue weighted by atomic mass is 35.5. The molecule has 0 bridgehead atoms. The Labute approximate surface area is 159 Å². The average Bonchev–Trinajstić information content (AvgIpc) is 3.03. The van der Waals surface area contributed by atoms with Crippen molar-refractivity contribution in [2.75, 3.05) is 5.32 Å². The molecule has 3 rings (SSSR count). The van der Waals surface area contributed by atoms with Gasteiger partial charge in [-0.3, -0.25) is 0 Å². The quantitative estimate of drug-likeness (QED) is 0.569. The molecule has 0 amide bonds. The lowest BCUT2D eigenvalue weighted by Crippen LogP contribution is -2.03. The van der Waals surface area contributed by atoms with Crippen LogP contribution >= 0.6 is 34.7 Å². The molecule has 4 nitrogen and oxygen atoms in total. The van der Waals surface area contributed by atoms with Gasteiger partial charge in [-0.2, -0.15) is 5.26 Å². The van der Waals surface area contributed by atoms with Crippen LogP contribution in [0.5, 0.6) is 0 Å². The smallest absolute Gasteiger partial charge is 0.210 e. The first kappa shape index (κ1) is 17.7. The van der Waals surface area contributed by atoms with Gasteiger partial charge in [0, 0.05) is 10.7 Å². The minimum atomic E-state index is -0.199. The third-order valence-electron chi connectivity index (χ3n) is 3.41. The van der Waals surface area contributed by atoms with Gasteiger partial charge in [0.05, 0.1) is 6.07 Å². The van der Waals surface area contributed by atoms with Crippen LogP contribution < -0.4 is 5.32 Å². The molecule has 0 fully saturated rings. The predicted octanol–water partition coefficient (Wildman–Crippen LogP) is 5.47. The first-order valence-electron chi connectivity index (χ1n) is 7.60. The largest absolute Gasteiger partial charge is 0.330 e. The Bertz CT molecular complexity index is 887. The number of halogens is 1. The number of thioether (sulfide) groups is 1. The summed E-state index contributed by atoms with van der Waals surface area (Å²) in [5, 5.41) is 22.0. The van der Waals surface area contributed by atoms with Crippen LogP contribution in [-0.2, 0) is 6.42 Å². The second kappa shape index (κ2) is 8.34. The summed E-state index contributed by atoms with van der Waals surface area (Å²) in [6.07, 6.45) is 0.679. The van der Waals surface area contributed by atoms with Gasteiger partial charge in [0.25, 0.3) is 0 Å². The normalized spacial score (nSPS) is 11.7. The SMILES string of the molecule is Cc1ccc(C[C@H](C#N)Sc2nnc(Nc3cccc(Cl)c3)s2)cc1. The van der Waals surface area contributed by atoms with Crippen molar-refractivity contribution in [1.82, 2.24) is 10.2 Å².